The fraction of sp³-hybridized carbons (Fsp3) is 1.00. The first-order valence-electron chi connectivity index (χ1n) is 5.15. The van der Waals surface area contributed by atoms with Crippen LogP contribution < -0.4 is 5.32 Å². The summed E-state index contributed by atoms with van der Waals surface area (Å²) in [5, 5.41) is 5.44. The minimum Gasteiger partial charge on any atom is -0.311 e. The third-order valence-corrected chi connectivity index (χ3v) is 4.21. The lowest BCUT2D eigenvalue weighted by molar-refractivity contribution is 0.414. The maximum absolute atomic E-state index is 3.68. The Morgan fingerprint density at radius 1 is 1.17 bits per heavy atom. The van der Waals surface area contributed by atoms with Gasteiger partial charge in [0, 0.05) is 17.3 Å². The van der Waals surface area contributed by atoms with E-state index in [1.165, 1.54) is 25.7 Å². The Kier molecular flexibility index (Phi) is 2.66. The molecule has 1 nitrogen and oxygen atoms in total. The van der Waals surface area contributed by atoms with E-state index in [0.717, 1.165) is 22.6 Å². The average Bonchev–Trinajstić information content (AvgIpc) is 2.29. The fourth-order valence-corrected chi connectivity index (χ4v) is 3.96. The van der Waals surface area contributed by atoms with E-state index in [4.69, 9.17) is 0 Å². The molecule has 0 aromatic heterocycles. The molecule has 2 heteroatoms. The summed E-state index contributed by atoms with van der Waals surface area (Å²) >= 11 is 2.18. The van der Waals surface area contributed by atoms with Gasteiger partial charge >= 0.3 is 0 Å². The average molecular weight is 185 g/mol. The van der Waals surface area contributed by atoms with E-state index in [0.29, 0.717) is 0 Å². The van der Waals surface area contributed by atoms with Crippen LogP contribution in [0.15, 0.2) is 0 Å². The van der Waals surface area contributed by atoms with Crippen molar-refractivity contribution in [3.05, 3.63) is 0 Å². The van der Waals surface area contributed by atoms with Gasteiger partial charge in [-0.2, -0.15) is 11.8 Å². The summed E-state index contributed by atoms with van der Waals surface area (Å²) < 4.78 is 0. The molecule has 0 amide bonds. The molecule has 70 valence electrons. The molecule has 2 saturated heterocycles. The molecular formula is C10H19NS. The topological polar surface area (TPSA) is 12.0 Å². The molecular weight excluding hydrogens is 166 g/mol. The third kappa shape index (κ3) is 1.97. The maximum atomic E-state index is 3.68. The van der Waals surface area contributed by atoms with Crippen LogP contribution in [0.5, 0.6) is 0 Å². The summed E-state index contributed by atoms with van der Waals surface area (Å²) in [6.45, 7) is 4.63. The first-order valence-corrected chi connectivity index (χ1v) is 6.10. The number of thioether (sulfide) groups is 1. The van der Waals surface area contributed by atoms with E-state index >= 15 is 0 Å². The fourth-order valence-electron chi connectivity index (χ4n) is 2.50. The Bertz CT molecular complexity index is 146. The quantitative estimate of drug-likeness (QED) is 0.709. The number of fused-ring (bicyclic) bond motifs is 2. The molecule has 2 aliphatic rings. The van der Waals surface area contributed by atoms with E-state index in [-0.39, 0.29) is 0 Å². The molecule has 0 saturated carbocycles. The Labute approximate surface area is 79.7 Å². The summed E-state index contributed by atoms with van der Waals surface area (Å²) in [5.74, 6) is 0. The van der Waals surface area contributed by atoms with Gasteiger partial charge in [-0.25, -0.2) is 0 Å². The van der Waals surface area contributed by atoms with E-state index in [1.54, 1.807) is 0 Å². The number of hydrogen-bond acceptors (Lipinski definition) is 2. The van der Waals surface area contributed by atoms with Gasteiger partial charge in [-0.1, -0.05) is 13.8 Å². The van der Waals surface area contributed by atoms with E-state index in [9.17, 15) is 0 Å². The standard InChI is InChI=1S/C10H19NS/c1-7(2)12-10-5-8-3-4-9(6-10)11-8/h7-11H,3-6H2,1-2H3. The zero-order valence-corrected chi connectivity index (χ0v) is 8.86. The lowest BCUT2D eigenvalue weighted by Crippen LogP contribution is -2.39. The Morgan fingerprint density at radius 2 is 1.75 bits per heavy atom. The lowest BCUT2D eigenvalue weighted by atomic mass is 10.1. The van der Waals surface area contributed by atoms with Crippen LogP contribution in [0.2, 0.25) is 0 Å². The second-order valence-electron chi connectivity index (χ2n) is 4.42. The first kappa shape index (κ1) is 8.89. The molecule has 2 heterocycles. The summed E-state index contributed by atoms with van der Waals surface area (Å²) in [6, 6.07) is 1.72. The van der Waals surface area contributed by atoms with Crippen molar-refractivity contribution in [1.29, 1.82) is 0 Å². The van der Waals surface area contributed by atoms with E-state index in [2.05, 4.69) is 30.9 Å². The van der Waals surface area contributed by atoms with Gasteiger partial charge in [0.2, 0.25) is 0 Å². The van der Waals surface area contributed by atoms with Crippen molar-refractivity contribution in [3.8, 4) is 0 Å². The van der Waals surface area contributed by atoms with Crippen molar-refractivity contribution in [2.24, 2.45) is 0 Å². The molecule has 1 N–H and O–H groups in total. The zero-order chi connectivity index (χ0) is 8.55. The van der Waals surface area contributed by atoms with Gasteiger partial charge in [0.15, 0.2) is 0 Å². The Hall–Kier alpha value is 0.310. The summed E-state index contributed by atoms with van der Waals surface area (Å²) in [5.41, 5.74) is 0. The highest BCUT2D eigenvalue weighted by molar-refractivity contribution is 8.00. The van der Waals surface area contributed by atoms with Gasteiger partial charge < -0.3 is 5.32 Å². The Balaban J connectivity index is 1.85. The van der Waals surface area contributed by atoms with Crippen LogP contribution in [0, 0.1) is 0 Å². The van der Waals surface area contributed by atoms with Crippen LogP contribution in [0.3, 0.4) is 0 Å². The molecule has 2 fully saturated rings. The van der Waals surface area contributed by atoms with Gasteiger partial charge in [-0.15, -0.1) is 0 Å². The maximum Gasteiger partial charge on any atom is 0.00807 e. The normalized spacial score (nSPS) is 40.8. The molecule has 0 spiro atoms. The minimum atomic E-state index is 0.812. The first-order chi connectivity index (χ1) is 5.74. The van der Waals surface area contributed by atoms with Gasteiger partial charge in [-0.3, -0.25) is 0 Å². The van der Waals surface area contributed by atoms with Gasteiger partial charge in [-0.05, 0) is 30.9 Å². The van der Waals surface area contributed by atoms with Crippen LogP contribution in [-0.2, 0) is 0 Å². The molecule has 2 atom stereocenters. The zero-order valence-electron chi connectivity index (χ0n) is 8.05. The molecule has 2 aliphatic heterocycles. The highest BCUT2D eigenvalue weighted by Gasteiger charge is 2.33. The number of rotatable bonds is 2. The second-order valence-corrected chi connectivity index (χ2v) is 6.30. The van der Waals surface area contributed by atoms with Crippen molar-refractivity contribution in [2.75, 3.05) is 0 Å². The predicted octanol–water partition coefficient (Wildman–Crippen LogP) is 2.41. The summed E-state index contributed by atoms with van der Waals surface area (Å²) in [7, 11) is 0. The summed E-state index contributed by atoms with van der Waals surface area (Å²) in [4.78, 5) is 0. The lowest BCUT2D eigenvalue weighted by Gasteiger charge is -2.29. The van der Waals surface area contributed by atoms with Crippen LogP contribution in [0.4, 0.5) is 0 Å². The highest BCUT2D eigenvalue weighted by atomic mass is 32.2. The third-order valence-electron chi connectivity index (χ3n) is 2.89. The van der Waals surface area contributed by atoms with Crippen molar-refractivity contribution in [3.63, 3.8) is 0 Å². The molecule has 0 aromatic rings. The van der Waals surface area contributed by atoms with Gasteiger partial charge in [0.1, 0.15) is 0 Å². The molecule has 0 aliphatic carbocycles. The number of piperidine rings is 1. The van der Waals surface area contributed by atoms with Gasteiger partial charge in [0.05, 0.1) is 0 Å². The molecule has 0 aromatic carbocycles. The molecule has 12 heavy (non-hydrogen) atoms. The number of nitrogens with one attached hydrogen (secondary N) is 1. The molecule has 2 rings (SSSR count). The van der Waals surface area contributed by atoms with Crippen molar-refractivity contribution in [1.82, 2.24) is 5.32 Å². The predicted molar refractivity (Wildman–Crippen MR) is 55.7 cm³/mol. The Morgan fingerprint density at radius 3 is 2.25 bits per heavy atom. The largest absolute Gasteiger partial charge is 0.311 e. The summed E-state index contributed by atoms with van der Waals surface area (Å²) in [6.07, 6.45) is 5.69. The SMILES string of the molecule is CC(C)SC1CC2CCC(C1)N2. The smallest absolute Gasteiger partial charge is 0.00807 e. The van der Waals surface area contributed by atoms with Crippen LogP contribution in [0.1, 0.15) is 39.5 Å². The van der Waals surface area contributed by atoms with Gasteiger partial charge in [0.25, 0.3) is 0 Å². The van der Waals surface area contributed by atoms with Crippen LogP contribution in [0.25, 0.3) is 0 Å². The van der Waals surface area contributed by atoms with E-state index in [1.807, 2.05) is 0 Å². The van der Waals surface area contributed by atoms with Crippen molar-refractivity contribution < 1.29 is 0 Å². The monoisotopic (exact) mass is 185 g/mol. The molecule has 2 bridgehead atoms. The second kappa shape index (κ2) is 3.59. The van der Waals surface area contributed by atoms with E-state index < -0.39 is 0 Å². The highest BCUT2D eigenvalue weighted by Crippen LogP contribution is 2.35. The van der Waals surface area contributed by atoms with Crippen LogP contribution >= 0.6 is 11.8 Å². The van der Waals surface area contributed by atoms with Crippen molar-refractivity contribution in [2.45, 2.75) is 62.1 Å². The number of hydrogen-bond donors (Lipinski definition) is 1. The molecule has 2 unspecified atom stereocenters. The van der Waals surface area contributed by atoms with Crippen molar-refractivity contribution >= 4 is 11.8 Å². The molecule has 0 radical (unpaired) electrons. The minimum absolute atomic E-state index is 0.812. The van der Waals surface area contributed by atoms with Crippen LogP contribution in [-0.4, -0.2) is 22.6 Å².